The van der Waals surface area contributed by atoms with Crippen LogP contribution in [0.15, 0.2) is 30.5 Å². The summed E-state index contributed by atoms with van der Waals surface area (Å²) in [6.45, 7) is 2.31. The molecule has 0 aliphatic heterocycles. The van der Waals surface area contributed by atoms with Crippen LogP contribution in [0.5, 0.6) is 11.6 Å². The largest absolute Gasteiger partial charge is 0.438 e. The maximum absolute atomic E-state index is 13.4. The molecule has 0 amide bonds. The summed E-state index contributed by atoms with van der Waals surface area (Å²) in [5.74, 6) is -0.0960. The maximum atomic E-state index is 13.4. The van der Waals surface area contributed by atoms with Crippen LogP contribution in [0.4, 0.5) is 8.78 Å². The quantitative estimate of drug-likeness (QED) is 0.911. The Kier molecular flexibility index (Phi) is 3.84. The molecule has 1 heterocycles. The van der Waals surface area contributed by atoms with Crippen LogP contribution >= 0.6 is 0 Å². The zero-order chi connectivity index (χ0) is 14.8. The highest BCUT2D eigenvalue weighted by atomic mass is 19.1. The van der Waals surface area contributed by atoms with Gasteiger partial charge in [0.1, 0.15) is 17.4 Å². The van der Waals surface area contributed by atoms with Crippen molar-refractivity contribution in [1.29, 1.82) is 0 Å². The molecule has 2 aromatic rings. The molecule has 0 unspecified atom stereocenters. The van der Waals surface area contributed by atoms with E-state index in [1.165, 1.54) is 18.2 Å². The molecule has 3 nitrogen and oxygen atoms in total. The Labute approximate surface area is 122 Å². The molecule has 110 valence electrons. The number of halogens is 2. The van der Waals surface area contributed by atoms with Crippen molar-refractivity contribution in [2.24, 2.45) is 0 Å². The second-order valence-corrected chi connectivity index (χ2v) is 5.28. The van der Waals surface area contributed by atoms with Gasteiger partial charge in [-0.2, -0.15) is 0 Å². The molecular formula is C16H16F2N2O. The standard InChI is InChI=1S/C16H16F2N2O/c1-10-2-3-12(17)7-15(10)21-16-11(6-13(18)9-20-16)8-19-14-4-5-14/h2-3,6-7,9,14,19H,4-5,8H2,1H3. The Morgan fingerprint density at radius 3 is 2.81 bits per heavy atom. The lowest BCUT2D eigenvalue weighted by atomic mass is 10.2. The molecule has 0 radical (unpaired) electrons. The minimum atomic E-state index is -0.411. The fourth-order valence-electron chi connectivity index (χ4n) is 2.02. The van der Waals surface area contributed by atoms with E-state index in [0.29, 0.717) is 29.8 Å². The van der Waals surface area contributed by atoms with E-state index in [4.69, 9.17) is 4.74 Å². The number of ether oxygens (including phenoxy) is 1. The number of nitrogens with one attached hydrogen (secondary N) is 1. The summed E-state index contributed by atoms with van der Waals surface area (Å²) in [7, 11) is 0. The molecule has 3 rings (SSSR count). The molecule has 1 fully saturated rings. The predicted octanol–water partition coefficient (Wildman–Crippen LogP) is 3.71. The summed E-state index contributed by atoms with van der Waals surface area (Å²) in [5, 5.41) is 3.29. The van der Waals surface area contributed by atoms with Gasteiger partial charge in [-0.15, -0.1) is 0 Å². The number of hydrogen-bond acceptors (Lipinski definition) is 3. The first kappa shape index (κ1) is 13.9. The van der Waals surface area contributed by atoms with Gasteiger partial charge in [0, 0.05) is 24.2 Å². The van der Waals surface area contributed by atoms with Crippen molar-refractivity contribution >= 4 is 0 Å². The van der Waals surface area contributed by atoms with Crippen LogP contribution in [0.2, 0.25) is 0 Å². The highest BCUT2D eigenvalue weighted by Crippen LogP contribution is 2.28. The summed E-state index contributed by atoms with van der Waals surface area (Å²) in [6, 6.07) is 6.20. The van der Waals surface area contributed by atoms with E-state index >= 15 is 0 Å². The van der Waals surface area contributed by atoms with Gasteiger partial charge in [-0.05, 0) is 37.5 Å². The third-order valence-corrected chi connectivity index (χ3v) is 3.41. The molecule has 0 bridgehead atoms. The van der Waals surface area contributed by atoms with Gasteiger partial charge in [0.25, 0.3) is 0 Å². The highest BCUT2D eigenvalue weighted by molar-refractivity contribution is 5.38. The smallest absolute Gasteiger partial charge is 0.223 e. The van der Waals surface area contributed by atoms with Crippen molar-refractivity contribution in [2.75, 3.05) is 0 Å². The van der Waals surface area contributed by atoms with Crippen LogP contribution in [0.1, 0.15) is 24.0 Å². The van der Waals surface area contributed by atoms with Gasteiger partial charge < -0.3 is 10.1 Å². The fraction of sp³-hybridized carbons (Fsp3) is 0.312. The lowest BCUT2D eigenvalue weighted by molar-refractivity contribution is 0.441. The minimum Gasteiger partial charge on any atom is -0.438 e. The van der Waals surface area contributed by atoms with Gasteiger partial charge >= 0.3 is 0 Å². The van der Waals surface area contributed by atoms with Gasteiger partial charge in [0.05, 0.1) is 6.20 Å². The number of hydrogen-bond donors (Lipinski definition) is 1. The summed E-state index contributed by atoms with van der Waals surface area (Å²) in [5.41, 5.74) is 1.43. The average molecular weight is 290 g/mol. The van der Waals surface area contributed by atoms with Crippen molar-refractivity contribution in [2.45, 2.75) is 32.4 Å². The number of aromatic nitrogens is 1. The molecule has 1 aromatic heterocycles. The lowest BCUT2D eigenvalue weighted by Gasteiger charge is -2.12. The van der Waals surface area contributed by atoms with Crippen LogP contribution in [0.3, 0.4) is 0 Å². The van der Waals surface area contributed by atoms with Gasteiger partial charge in [-0.3, -0.25) is 0 Å². The zero-order valence-electron chi connectivity index (χ0n) is 11.7. The molecular weight excluding hydrogens is 274 g/mol. The Bertz CT molecular complexity index is 657. The Hall–Kier alpha value is -2.01. The molecule has 0 spiro atoms. The third kappa shape index (κ3) is 3.55. The van der Waals surface area contributed by atoms with E-state index in [2.05, 4.69) is 10.3 Å². The zero-order valence-corrected chi connectivity index (χ0v) is 11.7. The van der Waals surface area contributed by atoms with E-state index in [1.54, 1.807) is 6.07 Å². The normalized spacial score (nSPS) is 14.2. The first-order valence-corrected chi connectivity index (χ1v) is 6.93. The maximum Gasteiger partial charge on any atom is 0.223 e. The first-order chi connectivity index (χ1) is 10.1. The average Bonchev–Trinajstić information content (AvgIpc) is 3.27. The van der Waals surface area contributed by atoms with Crippen LogP contribution in [0, 0.1) is 18.6 Å². The van der Waals surface area contributed by atoms with Crippen LogP contribution in [-0.2, 0) is 6.54 Å². The molecule has 1 aliphatic carbocycles. The number of rotatable bonds is 5. The van der Waals surface area contributed by atoms with Crippen molar-refractivity contribution in [1.82, 2.24) is 10.3 Å². The van der Waals surface area contributed by atoms with Crippen molar-refractivity contribution in [3.63, 3.8) is 0 Å². The predicted molar refractivity (Wildman–Crippen MR) is 75.3 cm³/mol. The molecule has 5 heteroatoms. The van der Waals surface area contributed by atoms with Gasteiger partial charge in [-0.25, -0.2) is 13.8 Å². The van der Waals surface area contributed by atoms with E-state index < -0.39 is 5.82 Å². The van der Waals surface area contributed by atoms with E-state index in [-0.39, 0.29) is 5.82 Å². The monoisotopic (exact) mass is 290 g/mol. The molecule has 0 atom stereocenters. The molecule has 1 saturated carbocycles. The van der Waals surface area contributed by atoms with Gasteiger partial charge in [0.15, 0.2) is 0 Å². The van der Waals surface area contributed by atoms with E-state index in [1.807, 2.05) is 6.92 Å². The van der Waals surface area contributed by atoms with E-state index in [9.17, 15) is 8.78 Å². The SMILES string of the molecule is Cc1ccc(F)cc1Oc1ncc(F)cc1CNC1CC1. The van der Waals surface area contributed by atoms with Crippen LogP contribution in [0.25, 0.3) is 0 Å². The lowest BCUT2D eigenvalue weighted by Crippen LogP contribution is -2.16. The Morgan fingerprint density at radius 1 is 1.24 bits per heavy atom. The second kappa shape index (κ2) is 5.77. The van der Waals surface area contributed by atoms with Crippen LogP contribution in [-0.4, -0.2) is 11.0 Å². The fourth-order valence-corrected chi connectivity index (χ4v) is 2.02. The molecule has 1 aromatic carbocycles. The Morgan fingerprint density at radius 2 is 2.05 bits per heavy atom. The van der Waals surface area contributed by atoms with Crippen molar-refractivity contribution in [3.05, 3.63) is 53.2 Å². The summed E-state index contributed by atoms with van der Waals surface area (Å²) in [6.07, 6.45) is 3.38. The highest BCUT2D eigenvalue weighted by Gasteiger charge is 2.21. The topological polar surface area (TPSA) is 34.1 Å². The minimum absolute atomic E-state index is 0.304. The van der Waals surface area contributed by atoms with Gasteiger partial charge in [0.2, 0.25) is 5.88 Å². The van der Waals surface area contributed by atoms with E-state index in [0.717, 1.165) is 24.6 Å². The third-order valence-electron chi connectivity index (χ3n) is 3.41. The van der Waals surface area contributed by atoms with Crippen molar-refractivity contribution in [3.8, 4) is 11.6 Å². The number of pyridine rings is 1. The summed E-state index contributed by atoms with van der Waals surface area (Å²) < 4.78 is 32.3. The summed E-state index contributed by atoms with van der Waals surface area (Å²) >= 11 is 0. The number of benzene rings is 1. The molecule has 1 N–H and O–H groups in total. The second-order valence-electron chi connectivity index (χ2n) is 5.28. The number of nitrogens with zero attached hydrogens (tertiary/aromatic N) is 1. The summed E-state index contributed by atoms with van der Waals surface area (Å²) in [4.78, 5) is 3.98. The number of aryl methyl sites for hydroxylation is 1. The molecule has 21 heavy (non-hydrogen) atoms. The van der Waals surface area contributed by atoms with Gasteiger partial charge in [-0.1, -0.05) is 6.07 Å². The first-order valence-electron chi connectivity index (χ1n) is 6.93. The molecule has 1 aliphatic rings. The van der Waals surface area contributed by atoms with Crippen LogP contribution < -0.4 is 10.1 Å². The molecule has 0 saturated heterocycles. The van der Waals surface area contributed by atoms with Crippen molar-refractivity contribution < 1.29 is 13.5 Å². The Balaban J connectivity index is 1.84.